The van der Waals surface area contributed by atoms with Crippen molar-refractivity contribution in [3.63, 3.8) is 0 Å². The fourth-order valence-electron chi connectivity index (χ4n) is 1.56. The molecule has 0 bridgehead atoms. The molecule has 0 unspecified atom stereocenters. The molecular formula is C12H19Br. The van der Waals surface area contributed by atoms with E-state index in [1.54, 1.807) is 0 Å². The molecule has 0 amide bonds. The normalized spacial score (nSPS) is 10.3. The molecule has 0 heterocycles. The monoisotopic (exact) mass is 242 g/mol. The smallest absolute Gasteiger partial charge is 0.0216 e. The largest absolute Gasteiger partial charge is 0.114 e. The molecule has 0 N–H and O–H groups in total. The highest BCUT2D eigenvalue weighted by molar-refractivity contribution is 8.93. The van der Waals surface area contributed by atoms with Crippen LogP contribution in [0.5, 0.6) is 0 Å². The molecule has 0 fully saturated rings. The number of benzene rings is 1. The summed E-state index contributed by atoms with van der Waals surface area (Å²) in [6.07, 6.45) is 0. The molecule has 0 saturated heterocycles. The van der Waals surface area contributed by atoms with E-state index < -0.39 is 0 Å². The van der Waals surface area contributed by atoms with Crippen LogP contribution in [0.15, 0.2) is 24.3 Å². The van der Waals surface area contributed by atoms with Gasteiger partial charge in [0.1, 0.15) is 0 Å². The van der Waals surface area contributed by atoms with E-state index in [-0.39, 0.29) is 17.0 Å². The van der Waals surface area contributed by atoms with Crippen LogP contribution < -0.4 is 0 Å². The van der Waals surface area contributed by atoms with Crippen molar-refractivity contribution in [1.29, 1.82) is 0 Å². The lowest BCUT2D eigenvalue weighted by Crippen LogP contribution is -1.97. The molecule has 0 spiro atoms. The van der Waals surface area contributed by atoms with Gasteiger partial charge in [-0.25, -0.2) is 0 Å². The number of hydrogen-bond acceptors (Lipinski definition) is 0. The maximum atomic E-state index is 2.25. The third kappa shape index (κ3) is 3.15. The molecule has 74 valence electrons. The quantitative estimate of drug-likeness (QED) is 0.716. The zero-order valence-corrected chi connectivity index (χ0v) is 10.6. The van der Waals surface area contributed by atoms with E-state index in [2.05, 4.69) is 52.0 Å². The van der Waals surface area contributed by atoms with E-state index in [1.165, 1.54) is 11.1 Å². The standard InChI is InChI=1S/C12H18.BrH/c1-9(2)11-7-5-6-8-12(11)10(3)4;/h5-10H,1-4H3;1H. The maximum Gasteiger partial charge on any atom is -0.0216 e. The summed E-state index contributed by atoms with van der Waals surface area (Å²) < 4.78 is 0. The molecule has 1 aromatic carbocycles. The van der Waals surface area contributed by atoms with E-state index in [1.807, 2.05) is 0 Å². The number of hydrogen-bond donors (Lipinski definition) is 0. The van der Waals surface area contributed by atoms with Gasteiger partial charge in [0, 0.05) is 0 Å². The maximum absolute atomic E-state index is 2.25. The molecule has 0 aliphatic carbocycles. The third-order valence-electron chi connectivity index (χ3n) is 2.24. The van der Waals surface area contributed by atoms with Crippen LogP contribution in [0.3, 0.4) is 0 Å². The van der Waals surface area contributed by atoms with Crippen molar-refractivity contribution in [2.24, 2.45) is 0 Å². The zero-order valence-electron chi connectivity index (χ0n) is 8.87. The molecule has 0 radical (unpaired) electrons. The summed E-state index contributed by atoms with van der Waals surface area (Å²) in [5.74, 6) is 1.28. The zero-order chi connectivity index (χ0) is 9.14. The Labute approximate surface area is 92.1 Å². The summed E-state index contributed by atoms with van der Waals surface area (Å²) in [5.41, 5.74) is 2.99. The first-order valence-electron chi connectivity index (χ1n) is 4.71. The average Bonchev–Trinajstić information content (AvgIpc) is 2.04. The van der Waals surface area contributed by atoms with Gasteiger partial charge in [0.2, 0.25) is 0 Å². The van der Waals surface area contributed by atoms with E-state index in [0.29, 0.717) is 11.8 Å². The van der Waals surface area contributed by atoms with Gasteiger partial charge < -0.3 is 0 Å². The van der Waals surface area contributed by atoms with Gasteiger partial charge in [-0.3, -0.25) is 0 Å². The molecule has 1 heteroatoms. The molecule has 0 aromatic heterocycles. The highest BCUT2D eigenvalue weighted by Gasteiger charge is 2.07. The third-order valence-corrected chi connectivity index (χ3v) is 2.24. The van der Waals surface area contributed by atoms with Crippen LogP contribution in [0.4, 0.5) is 0 Å². The van der Waals surface area contributed by atoms with E-state index >= 15 is 0 Å². The van der Waals surface area contributed by atoms with Gasteiger partial charge in [-0.2, -0.15) is 0 Å². The van der Waals surface area contributed by atoms with Gasteiger partial charge in [-0.05, 0) is 23.0 Å². The van der Waals surface area contributed by atoms with Crippen LogP contribution in [0, 0.1) is 0 Å². The Hall–Kier alpha value is -0.300. The fourth-order valence-corrected chi connectivity index (χ4v) is 1.56. The van der Waals surface area contributed by atoms with Crippen molar-refractivity contribution in [3.05, 3.63) is 35.4 Å². The average molecular weight is 243 g/mol. The Balaban J connectivity index is 0.00000144. The number of rotatable bonds is 2. The summed E-state index contributed by atoms with van der Waals surface area (Å²) in [4.78, 5) is 0. The van der Waals surface area contributed by atoms with Gasteiger partial charge >= 0.3 is 0 Å². The Kier molecular flexibility index (Phi) is 5.31. The van der Waals surface area contributed by atoms with Crippen LogP contribution >= 0.6 is 17.0 Å². The molecule has 13 heavy (non-hydrogen) atoms. The first kappa shape index (κ1) is 12.7. The van der Waals surface area contributed by atoms with Crippen molar-refractivity contribution in [2.45, 2.75) is 39.5 Å². The Bertz CT molecular complexity index is 224. The number of halogens is 1. The second-order valence-electron chi connectivity index (χ2n) is 3.94. The molecule has 0 saturated carbocycles. The lowest BCUT2D eigenvalue weighted by atomic mass is 9.91. The highest BCUT2D eigenvalue weighted by atomic mass is 79.9. The molecule has 1 aromatic rings. The van der Waals surface area contributed by atoms with Gasteiger partial charge in [0.15, 0.2) is 0 Å². The predicted octanol–water partition coefficient (Wildman–Crippen LogP) is 4.51. The van der Waals surface area contributed by atoms with Gasteiger partial charge in [0.05, 0.1) is 0 Å². The van der Waals surface area contributed by atoms with Gasteiger partial charge in [0.25, 0.3) is 0 Å². The van der Waals surface area contributed by atoms with Crippen LogP contribution in [-0.2, 0) is 0 Å². The Morgan fingerprint density at radius 2 is 1.08 bits per heavy atom. The topological polar surface area (TPSA) is 0 Å². The van der Waals surface area contributed by atoms with Crippen LogP contribution in [-0.4, -0.2) is 0 Å². The first-order chi connectivity index (χ1) is 5.63. The fraction of sp³-hybridized carbons (Fsp3) is 0.500. The van der Waals surface area contributed by atoms with E-state index in [9.17, 15) is 0 Å². The summed E-state index contributed by atoms with van der Waals surface area (Å²) >= 11 is 0. The summed E-state index contributed by atoms with van der Waals surface area (Å²) in [7, 11) is 0. The lowest BCUT2D eigenvalue weighted by Gasteiger charge is -2.14. The first-order valence-corrected chi connectivity index (χ1v) is 4.71. The molecule has 0 aliphatic rings. The minimum absolute atomic E-state index is 0. The summed E-state index contributed by atoms with van der Waals surface area (Å²) in [6.45, 7) is 9.00. The summed E-state index contributed by atoms with van der Waals surface area (Å²) in [6, 6.07) is 8.72. The Morgan fingerprint density at radius 3 is 1.31 bits per heavy atom. The second-order valence-corrected chi connectivity index (χ2v) is 3.94. The lowest BCUT2D eigenvalue weighted by molar-refractivity contribution is 0.790. The van der Waals surface area contributed by atoms with Crippen molar-refractivity contribution in [3.8, 4) is 0 Å². The Morgan fingerprint density at radius 1 is 0.769 bits per heavy atom. The minimum atomic E-state index is 0. The summed E-state index contributed by atoms with van der Waals surface area (Å²) in [5, 5.41) is 0. The van der Waals surface area contributed by atoms with Gasteiger partial charge in [-0.1, -0.05) is 52.0 Å². The highest BCUT2D eigenvalue weighted by Crippen LogP contribution is 2.25. The van der Waals surface area contributed by atoms with E-state index in [0.717, 1.165) is 0 Å². The molecule has 0 atom stereocenters. The SMILES string of the molecule is Br.CC(C)c1ccccc1C(C)C. The predicted molar refractivity (Wildman–Crippen MR) is 64.9 cm³/mol. The van der Waals surface area contributed by atoms with Crippen LogP contribution in [0.2, 0.25) is 0 Å². The molecular weight excluding hydrogens is 224 g/mol. The molecule has 1 rings (SSSR count). The van der Waals surface area contributed by atoms with E-state index in [4.69, 9.17) is 0 Å². The molecule has 0 aliphatic heterocycles. The van der Waals surface area contributed by atoms with Crippen molar-refractivity contribution < 1.29 is 0 Å². The van der Waals surface area contributed by atoms with Crippen molar-refractivity contribution in [1.82, 2.24) is 0 Å². The minimum Gasteiger partial charge on any atom is -0.114 e. The van der Waals surface area contributed by atoms with Crippen LogP contribution in [0.1, 0.15) is 50.7 Å². The van der Waals surface area contributed by atoms with Crippen molar-refractivity contribution >= 4 is 17.0 Å². The molecule has 0 nitrogen and oxygen atoms in total. The van der Waals surface area contributed by atoms with Gasteiger partial charge in [-0.15, -0.1) is 17.0 Å². The second kappa shape index (κ2) is 5.43. The van der Waals surface area contributed by atoms with Crippen LogP contribution in [0.25, 0.3) is 0 Å². The van der Waals surface area contributed by atoms with Crippen molar-refractivity contribution in [2.75, 3.05) is 0 Å².